The van der Waals surface area contributed by atoms with Gasteiger partial charge in [0.05, 0.1) is 0 Å². The minimum absolute atomic E-state index is 0.0591. The minimum Gasteiger partial charge on any atom is -0.351 e. The molecule has 5 nitrogen and oxygen atoms in total. The van der Waals surface area contributed by atoms with E-state index in [2.05, 4.69) is 14.4 Å². The molecule has 0 aliphatic heterocycles. The number of hydrogen-bond acceptors (Lipinski definition) is 5. The third kappa shape index (κ3) is 4.07. The van der Waals surface area contributed by atoms with Gasteiger partial charge in [-0.2, -0.15) is 13.2 Å². The molecule has 0 bridgehead atoms. The summed E-state index contributed by atoms with van der Waals surface area (Å²) >= 11 is 1.17. The average Bonchev–Trinajstić information content (AvgIpc) is 3.18. The Morgan fingerprint density at radius 1 is 1.15 bits per heavy atom. The zero-order chi connectivity index (χ0) is 19.8. The summed E-state index contributed by atoms with van der Waals surface area (Å²) in [6, 6.07) is 9.62. The van der Waals surface area contributed by atoms with Gasteiger partial charge in [0.25, 0.3) is 0 Å². The van der Waals surface area contributed by atoms with E-state index in [4.69, 9.17) is 0 Å². The normalized spacial score (nSPS) is 12.5. The monoisotopic (exact) mass is 416 g/mol. The number of sulfonamides is 1. The van der Waals surface area contributed by atoms with Crippen LogP contribution >= 0.6 is 11.3 Å². The van der Waals surface area contributed by atoms with Crippen LogP contribution < -0.4 is 4.72 Å². The van der Waals surface area contributed by atoms with Crippen LogP contribution in [0.1, 0.15) is 21.1 Å². The van der Waals surface area contributed by atoms with E-state index in [0.29, 0.717) is 15.8 Å². The Kier molecular flexibility index (Phi) is 5.15. The number of benzene rings is 1. The van der Waals surface area contributed by atoms with Crippen molar-refractivity contribution in [2.75, 3.05) is 0 Å². The molecule has 0 saturated carbocycles. The third-order valence-electron chi connectivity index (χ3n) is 3.83. The van der Waals surface area contributed by atoms with Gasteiger partial charge < -0.3 is 4.52 Å². The number of nitrogens with zero attached hydrogens (tertiary/aromatic N) is 1. The molecule has 10 heteroatoms. The molecule has 2 heterocycles. The van der Waals surface area contributed by atoms with Crippen molar-refractivity contribution in [3.05, 3.63) is 57.5 Å². The van der Waals surface area contributed by atoms with Gasteiger partial charge in [0.2, 0.25) is 15.8 Å². The molecule has 0 unspecified atom stereocenters. The fraction of sp³-hybridized carbons (Fsp3) is 0.235. The Labute approximate surface area is 157 Å². The third-order valence-corrected chi connectivity index (χ3v) is 6.55. The van der Waals surface area contributed by atoms with Crippen molar-refractivity contribution in [3.63, 3.8) is 0 Å². The zero-order valence-corrected chi connectivity index (χ0v) is 15.9. The van der Waals surface area contributed by atoms with E-state index in [1.165, 1.54) is 11.3 Å². The zero-order valence-electron chi connectivity index (χ0n) is 14.3. The highest BCUT2D eigenvalue weighted by atomic mass is 32.2. The number of halogens is 3. The lowest BCUT2D eigenvalue weighted by Crippen LogP contribution is -2.24. The van der Waals surface area contributed by atoms with Crippen molar-refractivity contribution in [1.29, 1.82) is 0 Å². The van der Waals surface area contributed by atoms with E-state index in [1.807, 2.05) is 6.07 Å². The lowest BCUT2D eigenvalue weighted by Gasteiger charge is -2.09. The Balaban J connectivity index is 2.00. The van der Waals surface area contributed by atoms with Crippen molar-refractivity contribution < 1.29 is 26.1 Å². The summed E-state index contributed by atoms with van der Waals surface area (Å²) in [6.45, 7) is 3.29. The second kappa shape index (κ2) is 7.10. The predicted molar refractivity (Wildman–Crippen MR) is 94.8 cm³/mol. The maximum atomic E-state index is 12.9. The summed E-state index contributed by atoms with van der Waals surface area (Å²) in [5.41, 5.74) is 0.717. The second-order valence-corrected chi connectivity index (χ2v) is 8.94. The molecule has 3 rings (SSSR count). The Morgan fingerprint density at radius 2 is 1.81 bits per heavy atom. The highest BCUT2D eigenvalue weighted by molar-refractivity contribution is 7.89. The molecule has 0 spiro atoms. The smallest absolute Gasteiger partial charge is 0.351 e. The van der Waals surface area contributed by atoms with Crippen LogP contribution in [0.15, 0.2) is 45.8 Å². The second-order valence-electron chi connectivity index (χ2n) is 5.80. The van der Waals surface area contributed by atoms with Crippen LogP contribution in [0.25, 0.3) is 11.3 Å². The number of alkyl halides is 3. The number of aromatic nitrogens is 1. The SMILES string of the molecule is Cc1sc(C)c(S(=O)(=O)NCc2ccccc2)c1-c1cc(C(F)(F)F)on1. The highest BCUT2D eigenvalue weighted by Gasteiger charge is 2.37. The maximum absolute atomic E-state index is 12.9. The summed E-state index contributed by atoms with van der Waals surface area (Å²) in [5, 5.41) is 3.44. The Morgan fingerprint density at radius 3 is 2.41 bits per heavy atom. The molecule has 3 aromatic rings. The van der Waals surface area contributed by atoms with Crippen LogP contribution in [0, 0.1) is 13.8 Å². The van der Waals surface area contributed by atoms with Gasteiger partial charge in [-0.05, 0) is 19.4 Å². The molecule has 0 saturated heterocycles. The van der Waals surface area contributed by atoms with Crippen LogP contribution in [0.3, 0.4) is 0 Å². The van der Waals surface area contributed by atoms with Gasteiger partial charge >= 0.3 is 6.18 Å². The first-order valence-electron chi connectivity index (χ1n) is 7.77. The molecule has 1 aromatic carbocycles. The van der Waals surface area contributed by atoms with Gasteiger partial charge in [-0.1, -0.05) is 35.5 Å². The van der Waals surface area contributed by atoms with Crippen LogP contribution in [0.2, 0.25) is 0 Å². The fourth-order valence-electron chi connectivity index (χ4n) is 2.66. The Hall–Kier alpha value is -2.17. The summed E-state index contributed by atoms with van der Waals surface area (Å²) in [4.78, 5) is 0.914. The average molecular weight is 416 g/mol. The lowest BCUT2D eigenvalue weighted by molar-refractivity contribution is -0.155. The molecule has 0 aliphatic carbocycles. The standard InChI is InChI=1S/C17H15F3N2O3S2/c1-10-15(13-8-14(25-22-13)17(18,19)20)16(11(2)26-10)27(23,24)21-9-12-6-4-3-5-7-12/h3-8,21H,9H2,1-2H3. The van der Waals surface area contributed by atoms with E-state index < -0.39 is 22.0 Å². The van der Waals surface area contributed by atoms with Gasteiger partial charge in [-0.3, -0.25) is 0 Å². The van der Waals surface area contributed by atoms with Crippen LogP contribution in [0.4, 0.5) is 13.2 Å². The molecule has 0 atom stereocenters. The molecule has 27 heavy (non-hydrogen) atoms. The van der Waals surface area contributed by atoms with Crippen molar-refractivity contribution in [2.45, 2.75) is 31.5 Å². The van der Waals surface area contributed by atoms with Crippen molar-refractivity contribution in [1.82, 2.24) is 9.88 Å². The minimum atomic E-state index is -4.70. The summed E-state index contributed by atoms with van der Waals surface area (Å²) in [6.07, 6.45) is -4.70. The summed E-state index contributed by atoms with van der Waals surface area (Å²) < 4.78 is 71.0. The highest BCUT2D eigenvalue weighted by Crippen LogP contribution is 2.40. The molecule has 0 radical (unpaired) electrons. The summed E-state index contributed by atoms with van der Waals surface area (Å²) in [5.74, 6) is -1.28. The number of thiophene rings is 1. The quantitative estimate of drug-likeness (QED) is 0.664. The molecule has 2 aromatic heterocycles. The Bertz CT molecular complexity index is 1060. The number of rotatable bonds is 5. The van der Waals surface area contributed by atoms with Crippen LogP contribution in [-0.4, -0.2) is 13.6 Å². The maximum Gasteiger partial charge on any atom is 0.452 e. The van der Waals surface area contributed by atoms with Crippen LogP contribution in [-0.2, 0) is 22.7 Å². The number of hydrogen-bond donors (Lipinski definition) is 1. The molecule has 0 amide bonds. The van der Waals surface area contributed by atoms with Crippen molar-refractivity contribution >= 4 is 21.4 Å². The van der Waals surface area contributed by atoms with Crippen molar-refractivity contribution in [2.24, 2.45) is 0 Å². The van der Waals surface area contributed by atoms with E-state index in [-0.39, 0.29) is 22.7 Å². The van der Waals surface area contributed by atoms with E-state index in [1.54, 1.807) is 38.1 Å². The first-order chi connectivity index (χ1) is 12.6. The molecule has 0 aliphatic rings. The first-order valence-corrected chi connectivity index (χ1v) is 10.1. The fourth-order valence-corrected chi connectivity index (χ4v) is 5.54. The number of aryl methyl sites for hydroxylation is 2. The van der Waals surface area contributed by atoms with Gasteiger partial charge in [-0.15, -0.1) is 11.3 Å². The largest absolute Gasteiger partial charge is 0.452 e. The first kappa shape index (κ1) is 19.6. The number of nitrogens with one attached hydrogen (secondary N) is 1. The van der Waals surface area contributed by atoms with E-state index in [9.17, 15) is 21.6 Å². The van der Waals surface area contributed by atoms with E-state index >= 15 is 0 Å². The molecular weight excluding hydrogens is 401 g/mol. The van der Waals surface area contributed by atoms with Crippen molar-refractivity contribution in [3.8, 4) is 11.3 Å². The van der Waals surface area contributed by atoms with Gasteiger partial charge in [0, 0.05) is 27.9 Å². The van der Waals surface area contributed by atoms with Gasteiger partial charge in [0.15, 0.2) is 0 Å². The lowest BCUT2D eigenvalue weighted by atomic mass is 10.1. The topological polar surface area (TPSA) is 72.2 Å². The molecule has 1 N–H and O–H groups in total. The van der Waals surface area contributed by atoms with Gasteiger partial charge in [-0.25, -0.2) is 13.1 Å². The van der Waals surface area contributed by atoms with E-state index in [0.717, 1.165) is 5.56 Å². The van der Waals surface area contributed by atoms with Crippen LogP contribution in [0.5, 0.6) is 0 Å². The molecule has 0 fully saturated rings. The summed E-state index contributed by atoms with van der Waals surface area (Å²) in [7, 11) is -3.98. The molecule has 144 valence electrons. The molecular formula is C17H15F3N2O3S2. The predicted octanol–water partition coefficient (Wildman–Crippen LogP) is 4.52. The van der Waals surface area contributed by atoms with Gasteiger partial charge in [0.1, 0.15) is 10.6 Å².